The van der Waals surface area contributed by atoms with Gasteiger partial charge < -0.3 is 0 Å². The van der Waals surface area contributed by atoms with Crippen LogP contribution in [0.25, 0.3) is 0 Å². The van der Waals surface area contributed by atoms with Gasteiger partial charge in [-0.15, -0.1) is 11.6 Å². The van der Waals surface area contributed by atoms with E-state index >= 15 is 0 Å². The maximum atomic E-state index is 13.5. The van der Waals surface area contributed by atoms with Crippen molar-refractivity contribution in [3.8, 4) is 0 Å². The molecule has 1 saturated carbocycles. The largest absolute Gasteiger partial charge is 0.204 e. The van der Waals surface area contributed by atoms with Gasteiger partial charge in [0.1, 0.15) is 8.07 Å². The molecule has 2 aromatic rings. The zero-order chi connectivity index (χ0) is 20.3. The second kappa shape index (κ2) is 8.89. The Morgan fingerprint density at radius 3 is 2.24 bits per heavy atom. The molecule has 0 N–H and O–H groups in total. The van der Waals surface area contributed by atoms with Crippen molar-refractivity contribution in [1.29, 1.82) is 0 Å². The minimum Gasteiger partial charge on any atom is -0.204 e. The summed E-state index contributed by atoms with van der Waals surface area (Å²) in [7, 11) is -1.74. The molecule has 1 aliphatic carbocycles. The summed E-state index contributed by atoms with van der Waals surface area (Å²) in [6, 6.07) is 18.2. The molecule has 1 heterocycles. The van der Waals surface area contributed by atoms with E-state index in [-0.39, 0.29) is 4.50 Å². The van der Waals surface area contributed by atoms with Crippen molar-refractivity contribution in [3.05, 3.63) is 65.7 Å². The molecule has 1 aliphatic heterocycles. The van der Waals surface area contributed by atoms with E-state index in [1.54, 1.807) is 11.3 Å². The predicted octanol–water partition coefficient (Wildman–Crippen LogP) is 7.14. The lowest BCUT2D eigenvalue weighted by Gasteiger charge is -2.51. The number of rotatable bonds is 5. The number of benzene rings is 2. The normalized spacial score (nSPS) is 26.9. The first-order valence-corrected chi connectivity index (χ1v) is 14.0. The highest BCUT2D eigenvalue weighted by atomic mass is 35.5. The van der Waals surface area contributed by atoms with Crippen molar-refractivity contribution in [1.82, 2.24) is 0 Å². The maximum absolute atomic E-state index is 13.5. The Balaban J connectivity index is 1.43. The molecule has 0 aromatic heterocycles. The standard InChI is InChI=1S/C25H31ClF2Si/c26-25(29(17-5-2-6-18-29)22-7-3-1-4-8-22)15-13-20(14-16-25)9-10-21-11-12-23(27)24(28)19-21/h1,3-4,7-8,11-12,19-20H,2,5-6,9-10,13-18H2. The summed E-state index contributed by atoms with van der Waals surface area (Å²) < 4.78 is 26.6. The number of halogens is 3. The summed E-state index contributed by atoms with van der Waals surface area (Å²) in [6.45, 7) is 0. The molecular weight excluding hydrogens is 402 g/mol. The minimum atomic E-state index is -1.74. The Morgan fingerprint density at radius 2 is 1.59 bits per heavy atom. The van der Waals surface area contributed by atoms with Crippen LogP contribution in [-0.4, -0.2) is 12.6 Å². The predicted molar refractivity (Wildman–Crippen MR) is 121 cm³/mol. The van der Waals surface area contributed by atoms with Crippen LogP contribution < -0.4 is 5.19 Å². The first-order valence-electron chi connectivity index (χ1n) is 11.2. The summed E-state index contributed by atoms with van der Waals surface area (Å²) >= 11 is 7.54. The molecule has 0 spiro atoms. The Hall–Kier alpha value is -1.19. The van der Waals surface area contributed by atoms with Gasteiger partial charge in [0, 0.05) is 4.50 Å². The Kier molecular flexibility index (Phi) is 6.46. The van der Waals surface area contributed by atoms with Crippen LogP contribution in [0.4, 0.5) is 8.78 Å². The van der Waals surface area contributed by atoms with Gasteiger partial charge in [-0.25, -0.2) is 8.78 Å². The van der Waals surface area contributed by atoms with Gasteiger partial charge in [0.05, 0.1) is 0 Å². The fraction of sp³-hybridized carbons (Fsp3) is 0.520. The van der Waals surface area contributed by atoms with E-state index in [9.17, 15) is 8.78 Å². The molecule has 0 nitrogen and oxygen atoms in total. The van der Waals surface area contributed by atoms with Crippen molar-refractivity contribution < 1.29 is 8.78 Å². The number of aryl methyl sites for hydroxylation is 1. The highest BCUT2D eigenvalue weighted by Crippen LogP contribution is 2.49. The summed E-state index contributed by atoms with van der Waals surface area (Å²) in [6.07, 6.45) is 10.4. The van der Waals surface area contributed by atoms with Crippen molar-refractivity contribution in [3.63, 3.8) is 0 Å². The van der Waals surface area contributed by atoms with Crippen molar-refractivity contribution in [2.45, 2.75) is 74.4 Å². The molecule has 2 aliphatic rings. The monoisotopic (exact) mass is 432 g/mol. The molecule has 0 unspecified atom stereocenters. The van der Waals surface area contributed by atoms with Crippen LogP contribution >= 0.6 is 11.6 Å². The van der Waals surface area contributed by atoms with E-state index in [1.807, 2.05) is 0 Å². The van der Waals surface area contributed by atoms with Gasteiger partial charge in [0.15, 0.2) is 11.6 Å². The molecule has 0 atom stereocenters. The first-order chi connectivity index (χ1) is 14.0. The lowest BCUT2D eigenvalue weighted by atomic mass is 9.84. The van der Waals surface area contributed by atoms with Gasteiger partial charge in [-0.3, -0.25) is 0 Å². The van der Waals surface area contributed by atoms with E-state index in [0.717, 1.165) is 44.1 Å². The molecule has 29 heavy (non-hydrogen) atoms. The van der Waals surface area contributed by atoms with Gasteiger partial charge >= 0.3 is 0 Å². The summed E-state index contributed by atoms with van der Waals surface area (Å²) in [5, 5.41) is 1.56. The quantitative estimate of drug-likeness (QED) is 0.347. The van der Waals surface area contributed by atoms with Crippen LogP contribution in [0.3, 0.4) is 0 Å². The summed E-state index contributed by atoms with van der Waals surface area (Å²) in [5.41, 5.74) is 0.897. The topological polar surface area (TPSA) is 0 Å². The summed E-state index contributed by atoms with van der Waals surface area (Å²) in [4.78, 5) is 0. The first kappa shape index (κ1) is 21.1. The van der Waals surface area contributed by atoms with Crippen LogP contribution in [0.5, 0.6) is 0 Å². The van der Waals surface area contributed by atoms with Crippen molar-refractivity contribution in [2.75, 3.05) is 0 Å². The van der Waals surface area contributed by atoms with E-state index in [2.05, 4.69) is 30.3 Å². The SMILES string of the molecule is Fc1ccc(CCC2CCC(Cl)([Si]3(c4ccccc4)CCCCC3)CC2)cc1F. The number of hydrogen-bond donors (Lipinski definition) is 0. The highest BCUT2D eigenvalue weighted by molar-refractivity contribution is 6.99. The average molecular weight is 433 g/mol. The fourth-order valence-electron chi connectivity index (χ4n) is 5.88. The van der Waals surface area contributed by atoms with E-state index < -0.39 is 19.7 Å². The van der Waals surface area contributed by atoms with E-state index in [4.69, 9.17) is 11.6 Å². The molecule has 1 saturated heterocycles. The van der Waals surface area contributed by atoms with Gasteiger partial charge in [-0.1, -0.05) is 72.9 Å². The van der Waals surface area contributed by atoms with Crippen LogP contribution in [-0.2, 0) is 6.42 Å². The van der Waals surface area contributed by atoms with Gasteiger partial charge in [0.2, 0.25) is 0 Å². The molecule has 2 aromatic carbocycles. The second-order valence-corrected chi connectivity index (χ2v) is 14.9. The van der Waals surface area contributed by atoms with Gasteiger partial charge in [0.25, 0.3) is 0 Å². The lowest BCUT2D eigenvalue weighted by Crippen LogP contribution is -2.65. The molecule has 2 fully saturated rings. The Morgan fingerprint density at radius 1 is 0.897 bits per heavy atom. The Labute approximate surface area is 179 Å². The summed E-state index contributed by atoms with van der Waals surface area (Å²) in [5.74, 6) is -0.860. The fourth-order valence-corrected chi connectivity index (χ4v) is 13.0. The van der Waals surface area contributed by atoms with E-state index in [0.29, 0.717) is 5.92 Å². The lowest BCUT2D eigenvalue weighted by molar-refractivity contribution is 0.319. The zero-order valence-corrected chi connectivity index (χ0v) is 18.9. The molecular formula is C25H31ClF2Si. The molecule has 0 bridgehead atoms. The third-order valence-electron chi connectivity index (χ3n) is 7.61. The van der Waals surface area contributed by atoms with Gasteiger partial charge in [-0.2, -0.15) is 0 Å². The smallest absolute Gasteiger partial charge is 0.159 e. The van der Waals surface area contributed by atoms with E-state index in [1.165, 1.54) is 43.5 Å². The molecule has 0 amide bonds. The molecule has 4 heteroatoms. The van der Waals surface area contributed by atoms with Crippen LogP contribution in [0.15, 0.2) is 48.5 Å². The molecule has 156 valence electrons. The maximum Gasteiger partial charge on any atom is 0.159 e. The molecule has 4 rings (SSSR count). The van der Waals surface area contributed by atoms with Crippen LogP contribution in [0.2, 0.25) is 12.1 Å². The average Bonchev–Trinajstić information content (AvgIpc) is 2.77. The third kappa shape index (κ3) is 4.32. The van der Waals surface area contributed by atoms with Gasteiger partial charge in [-0.05, 0) is 62.1 Å². The number of hydrogen-bond acceptors (Lipinski definition) is 0. The highest BCUT2D eigenvalue weighted by Gasteiger charge is 2.54. The van der Waals surface area contributed by atoms with Crippen LogP contribution in [0, 0.1) is 17.6 Å². The van der Waals surface area contributed by atoms with Crippen molar-refractivity contribution >= 4 is 24.9 Å². The zero-order valence-electron chi connectivity index (χ0n) is 17.1. The second-order valence-electron chi connectivity index (χ2n) is 9.20. The van der Waals surface area contributed by atoms with Crippen molar-refractivity contribution in [2.24, 2.45) is 5.92 Å². The molecule has 0 radical (unpaired) electrons. The Bertz CT molecular complexity index is 809. The number of alkyl halides is 1. The minimum absolute atomic E-state index is 0.0206. The third-order valence-corrected chi connectivity index (χ3v) is 15.1. The van der Waals surface area contributed by atoms with Crippen LogP contribution in [0.1, 0.15) is 56.9 Å².